The van der Waals surface area contributed by atoms with Crippen LogP contribution in [0.3, 0.4) is 0 Å². The van der Waals surface area contributed by atoms with Crippen LogP contribution < -0.4 is 5.32 Å². The summed E-state index contributed by atoms with van der Waals surface area (Å²) in [5.41, 5.74) is 2.75. The highest BCUT2D eigenvalue weighted by molar-refractivity contribution is 6.31. The predicted octanol–water partition coefficient (Wildman–Crippen LogP) is 2.59. The average Bonchev–Trinajstić information content (AvgIpc) is 2.30. The summed E-state index contributed by atoms with van der Waals surface area (Å²) < 4.78 is 0. The van der Waals surface area contributed by atoms with E-state index in [4.69, 9.17) is 11.6 Å². The van der Waals surface area contributed by atoms with Crippen molar-refractivity contribution in [2.75, 3.05) is 13.1 Å². The molecule has 1 aromatic rings. The molecule has 1 unspecified atom stereocenters. The van der Waals surface area contributed by atoms with Gasteiger partial charge in [0.15, 0.2) is 0 Å². The van der Waals surface area contributed by atoms with Crippen molar-refractivity contribution in [1.29, 1.82) is 0 Å². The monoisotopic (exact) mass is 195 g/mol. The summed E-state index contributed by atoms with van der Waals surface area (Å²) in [7, 11) is 0. The lowest BCUT2D eigenvalue weighted by Gasteiger charge is -2.12. The molecule has 1 aromatic carbocycles. The molecule has 0 spiro atoms. The first-order chi connectivity index (χ1) is 6.29. The third-order valence-electron chi connectivity index (χ3n) is 2.69. The van der Waals surface area contributed by atoms with Gasteiger partial charge < -0.3 is 5.32 Å². The minimum atomic E-state index is 0.580. The third kappa shape index (κ3) is 1.72. The van der Waals surface area contributed by atoms with Crippen molar-refractivity contribution >= 4 is 11.6 Å². The summed E-state index contributed by atoms with van der Waals surface area (Å²) in [4.78, 5) is 0. The van der Waals surface area contributed by atoms with Crippen LogP contribution in [0.15, 0.2) is 18.2 Å². The number of rotatable bonds is 0. The first kappa shape index (κ1) is 9.04. The zero-order valence-corrected chi connectivity index (χ0v) is 8.56. The molecular formula is C11H14ClN. The molecule has 1 N–H and O–H groups in total. The molecule has 0 fully saturated rings. The maximum absolute atomic E-state index is 6.15. The Kier molecular flexibility index (Phi) is 2.56. The molecule has 1 nitrogen and oxygen atoms in total. The minimum absolute atomic E-state index is 0.580. The van der Waals surface area contributed by atoms with Gasteiger partial charge in [-0.3, -0.25) is 0 Å². The summed E-state index contributed by atoms with van der Waals surface area (Å²) in [5.74, 6) is 0.580. The molecular weight excluding hydrogens is 182 g/mol. The first-order valence-electron chi connectivity index (χ1n) is 4.77. The van der Waals surface area contributed by atoms with Crippen LogP contribution in [0, 0.1) is 0 Å². The lowest BCUT2D eigenvalue weighted by Crippen LogP contribution is -2.18. The van der Waals surface area contributed by atoms with Gasteiger partial charge in [0.05, 0.1) is 0 Å². The Morgan fingerprint density at radius 2 is 2.31 bits per heavy atom. The second-order valence-corrected chi connectivity index (χ2v) is 4.07. The maximum Gasteiger partial charge on any atom is 0.0441 e. The van der Waals surface area contributed by atoms with Crippen molar-refractivity contribution in [2.45, 2.75) is 19.3 Å². The molecule has 70 valence electrons. The fourth-order valence-electron chi connectivity index (χ4n) is 1.94. The largest absolute Gasteiger partial charge is 0.316 e. The maximum atomic E-state index is 6.15. The van der Waals surface area contributed by atoms with E-state index in [0.29, 0.717) is 5.92 Å². The molecule has 0 bridgehead atoms. The smallest absolute Gasteiger partial charge is 0.0441 e. The summed E-state index contributed by atoms with van der Waals surface area (Å²) in [6.07, 6.45) is 1.05. The number of benzene rings is 1. The van der Waals surface area contributed by atoms with Gasteiger partial charge in [0.2, 0.25) is 0 Å². The van der Waals surface area contributed by atoms with Crippen LogP contribution in [0.5, 0.6) is 0 Å². The fourth-order valence-corrected chi connectivity index (χ4v) is 2.22. The van der Waals surface area contributed by atoms with Gasteiger partial charge in [0.25, 0.3) is 0 Å². The number of hydrogen-bond donors (Lipinski definition) is 1. The molecule has 0 aromatic heterocycles. The molecule has 0 radical (unpaired) electrons. The quantitative estimate of drug-likeness (QED) is 0.671. The van der Waals surface area contributed by atoms with E-state index in [1.54, 1.807) is 0 Å². The van der Waals surface area contributed by atoms with Crippen LogP contribution in [-0.4, -0.2) is 13.1 Å². The van der Waals surface area contributed by atoms with E-state index in [1.165, 1.54) is 11.1 Å². The van der Waals surface area contributed by atoms with Gasteiger partial charge in [-0.15, -0.1) is 0 Å². The molecule has 1 aliphatic rings. The fraction of sp³-hybridized carbons (Fsp3) is 0.455. The van der Waals surface area contributed by atoms with Crippen LogP contribution in [0.1, 0.15) is 24.0 Å². The van der Waals surface area contributed by atoms with Crippen LogP contribution in [0.25, 0.3) is 0 Å². The van der Waals surface area contributed by atoms with Gasteiger partial charge in [0.1, 0.15) is 0 Å². The van der Waals surface area contributed by atoms with E-state index in [0.717, 1.165) is 24.5 Å². The van der Waals surface area contributed by atoms with Gasteiger partial charge in [-0.25, -0.2) is 0 Å². The Morgan fingerprint density at radius 1 is 1.46 bits per heavy atom. The average molecular weight is 196 g/mol. The first-order valence-corrected chi connectivity index (χ1v) is 5.15. The zero-order chi connectivity index (χ0) is 9.26. The number of hydrogen-bond acceptors (Lipinski definition) is 1. The number of fused-ring (bicyclic) bond motifs is 1. The standard InChI is InChI=1S/C11H14ClN/c1-8-7-13-6-5-10-9(8)3-2-4-11(10)12/h2-4,8,13H,5-7H2,1H3. The molecule has 1 heterocycles. The molecule has 1 aliphatic heterocycles. The van der Waals surface area contributed by atoms with E-state index >= 15 is 0 Å². The lowest BCUT2D eigenvalue weighted by atomic mass is 9.95. The molecule has 0 saturated heterocycles. The lowest BCUT2D eigenvalue weighted by molar-refractivity contribution is 0.644. The molecule has 0 saturated carbocycles. The Labute approximate surface area is 84.1 Å². The molecule has 13 heavy (non-hydrogen) atoms. The van der Waals surface area contributed by atoms with Crippen molar-refractivity contribution in [3.8, 4) is 0 Å². The molecule has 2 rings (SSSR count). The second kappa shape index (κ2) is 3.69. The Morgan fingerprint density at radius 3 is 3.15 bits per heavy atom. The van der Waals surface area contributed by atoms with E-state index in [9.17, 15) is 0 Å². The van der Waals surface area contributed by atoms with E-state index in [2.05, 4.69) is 18.3 Å². The summed E-state index contributed by atoms with van der Waals surface area (Å²) in [6.45, 7) is 4.35. The Hall–Kier alpha value is -0.530. The summed E-state index contributed by atoms with van der Waals surface area (Å²) >= 11 is 6.15. The van der Waals surface area contributed by atoms with E-state index in [-0.39, 0.29) is 0 Å². The van der Waals surface area contributed by atoms with Gasteiger partial charge in [0, 0.05) is 11.6 Å². The normalized spacial score (nSPS) is 22.2. The van der Waals surface area contributed by atoms with Crippen LogP contribution in [0.4, 0.5) is 0 Å². The third-order valence-corrected chi connectivity index (χ3v) is 3.04. The number of halogens is 1. The predicted molar refractivity (Wildman–Crippen MR) is 56.4 cm³/mol. The van der Waals surface area contributed by atoms with Gasteiger partial charge in [-0.05, 0) is 36.1 Å². The van der Waals surface area contributed by atoms with Crippen molar-refractivity contribution in [2.24, 2.45) is 0 Å². The minimum Gasteiger partial charge on any atom is -0.316 e. The summed E-state index contributed by atoms with van der Waals surface area (Å²) in [5, 5.41) is 4.34. The Balaban J connectivity index is 2.47. The molecule has 0 aliphatic carbocycles. The molecule has 2 heteroatoms. The van der Waals surface area contributed by atoms with Crippen molar-refractivity contribution in [1.82, 2.24) is 5.32 Å². The van der Waals surface area contributed by atoms with Crippen molar-refractivity contribution < 1.29 is 0 Å². The summed E-state index contributed by atoms with van der Waals surface area (Å²) in [6, 6.07) is 6.22. The van der Waals surface area contributed by atoms with Gasteiger partial charge >= 0.3 is 0 Å². The van der Waals surface area contributed by atoms with E-state index < -0.39 is 0 Å². The molecule has 1 atom stereocenters. The van der Waals surface area contributed by atoms with Crippen LogP contribution >= 0.6 is 11.6 Å². The SMILES string of the molecule is CC1CNCCc2c(Cl)cccc21. The number of nitrogens with one attached hydrogen (secondary N) is 1. The Bertz CT molecular complexity index is 309. The highest BCUT2D eigenvalue weighted by Crippen LogP contribution is 2.27. The topological polar surface area (TPSA) is 12.0 Å². The highest BCUT2D eigenvalue weighted by Gasteiger charge is 2.15. The van der Waals surface area contributed by atoms with Gasteiger partial charge in [-0.2, -0.15) is 0 Å². The van der Waals surface area contributed by atoms with E-state index in [1.807, 2.05) is 12.1 Å². The molecule has 0 amide bonds. The van der Waals surface area contributed by atoms with Crippen LogP contribution in [-0.2, 0) is 6.42 Å². The zero-order valence-electron chi connectivity index (χ0n) is 7.81. The second-order valence-electron chi connectivity index (χ2n) is 3.66. The van der Waals surface area contributed by atoms with Crippen molar-refractivity contribution in [3.05, 3.63) is 34.3 Å². The highest BCUT2D eigenvalue weighted by atomic mass is 35.5. The van der Waals surface area contributed by atoms with Crippen LogP contribution in [0.2, 0.25) is 5.02 Å². The van der Waals surface area contributed by atoms with Gasteiger partial charge in [-0.1, -0.05) is 30.7 Å². The van der Waals surface area contributed by atoms with Crippen molar-refractivity contribution in [3.63, 3.8) is 0 Å².